The number of phosphoric ester groups is 2. The van der Waals surface area contributed by atoms with Crippen LogP contribution in [0.5, 0.6) is 0 Å². The summed E-state index contributed by atoms with van der Waals surface area (Å²) < 4.78 is 66.3. The number of ether oxygens (including phenoxy) is 4. The van der Waals surface area contributed by atoms with Gasteiger partial charge in [-0.1, -0.05) is 128 Å². The number of hydrogen-bond acceptors (Lipinski definition) is 24. The number of amides is 7. The van der Waals surface area contributed by atoms with E-state index in [9.17, 15) is 103 Å². The Hall–Kier alpha value is -8.26. The van der Waals surface area contributed by atoms with Crippen molar-refractivity contribution in [2.24, 2.45) is 5.73 Å². The first-order chi connectivity index (χ1) is 62.4. The molecule has 7 amide bonds. The first-order valence-corrected chi connectivity index (χ1v) is 49.0. The largest absolute Gasteiger partial charge is 0.483 e. The van der Waals surface area contributed by atoms with Crippen molar-refractivity contribution in [2.75, 3.05) is 19.8 Å². The van der Waals surface area contributed by atoms with Crippen molar-refractivity contribution < 1.29 is 135 Å². The van der Waals surface area contributed by atoms with Gasteiger partial charge in [-0.05, 0) is 265 Å². The van der Waals surface area contributed by atoms with E-state index in [-0.39, 0.29) is 19.3 Å². The average molecular weight is 1920 g/mol. The number of aliphatic hydroxyl groups is 4. The summed E-state index contributed by atoms with van der Waals surface area (Å²) in [4.78, 5) is 150. The van der Waals surface area contributed by atoms with Crippen LogP contribution in [0.1, 0.15) is 285 Å². The monoisotopic (exact) mass is 1920 g/mol. The second kappa shape index (κ2) is 63.9. The molecule has 0 saturated carbocycles. The third kappa shape index (κ3) is 51.5. The van der Waals surface area contributed by atoms with Crippen molar-refractivity contribution >= 4 is 74.9 Å². The van der Waals surface area contributed by atoms with Crippen LogP contribution in [0.3, 0.4) is 0 Å². The zero-order valence-electron chi connectivity index (χ0n) is 81.2. The van der Waals surface area contributed by atoms with Crippen LogP contribution in [0.4, 0.5) is 0 Å². The summed E-state index contributed by atoms with van der Waals surface area (Å²) in [5, 5.41) is 87.7. The second-order valence-corrected chi connectivity index (χ2v) is 38.3. The van der Waals surface area contributed by atoms with Crippen LogP contribution in [0.25, 0.3) is 0 Å². The van der Waals surface area contributed by atoms with Gasteiger partial charge in [0.05, 0.1) is 19.8 Å². The lowest BCUT2D eigenvalue weighted by Gasteiger charge is -2.49. The van der Waals surface area contributed by atoms with Gasteiger partial charge in [0.25, 0.3) is 0 Å². The van der Waals surface area contributed by atoms with Gasteiger partial charge in [0.1, 0.15) is 91.1 Å². The van der Waals surface area contributed by atoms with Crippen molar-refractivity contribution in [1.82, 2.24) is 37.2 Å². The number of carbonyl (C=O) groups is 10. The summed E-state index contributed by atoms with van der Waals surface area (Å²) >= 11 is 0. The molecular formula is C95H156N8O28P2. The molecule has 19 unspecified atom stereocenters. The number of rotatable bonds is 64. The van der Waals surface area contributed by atoms with Gasteiger partial charge >= 0.3 is 33.6 Å². The fourth-order valence-electron chi connectivity index (χ4n) is 14.2. The first-order valence-electron chi connectivity index (χ1n) is 46.0. The van der Waals surface area contributed by atoms with Gasteiger partial charge < -0.3 is 107 Å². The molecule has 0 spiro atoms. The number of nitrogens with one attached hydrogen (secondary N) is 7. The summed E-state index contributed by atoms with van der Waals surface area (Å²) in [6, 6.07) is -12.9. The van der Waals surface area contributed by atoms with E-state index in [1.165, 1.54) is 63.2 Å². The number of carboxylic acids is 3. The molecule has 754 valence electrons. The van der Waals surface area contributed by atoms with Crippen LogP contribution >= 0.6 is 15.6 Å². The van der Waals surface area contributed by atoms with Gasteiger partial charge in [0, 0.05) is 20.3 Å². The van der Waals surface area contributed by atoms with E-state index < -0.39 is 211 Å². The maximum Gasteiger partial charge on any atom is 0.483 e. The molecule has 133 heavy (non-hydrogen) atoms. The van der Waals surface area contributed by atoms with Gasteiger partial charge in [-0.25, -0.2) is 13.9 Å². The molecule has 0 aromatic rings. The Labute approximate surface area is 785 Å². The Bertz CT molecular complexity index is 4220. The van der Waals surface area contributed by atoms with Gasteiger partial charge in [0.15, 0.2) is 12.6 Å². The molecule has 0 bridgehead atoms. The molecule has 2 heterocycles. The molecular weight excluding hydrogens is 1760 g/mol. The minimum Gasteiger partial charge on any atom is -0.480 e. The molecule has 0 radical (unpaired) electrons. The predicted molar refractivity (Wildman–Crippen MR) is 506 cm³/mol. The standard InChI is InChI=1S/C95H156N8O28P2/c1-58(2)30-19-31-59(3)32-20-33-60(4)34-21-35-61(5)36-22-37-62(6)38-23-39-63(7)40-24-41-64(8)42-25-43-65(9)44-26-45-66(10)46-27-47-67(11)48-28-49-68(12)54-55-125-132(121,122)131-133(123,124)130-95-82(101-74(18)107)86(85(79(57-105)128-95)129-94-81(100-73(17)106)84(110)83(109)78(56-104)127-94)126-72(16)89(113)97-70(14)88(112)103-77(93(119)120)52-53-80(108)102-76(51-29-50-75(96)92(117)118)90(114)98-69(13)87(111)99-71(15)91(115)116/h30,32,34,36,38,40,42,44,46,48,54,69-72,75-79,81-86,94-95,104-105,109-110H,19-29,31,33,35,37,39,41,43,45,47,49-53,55-57,96H2,1-18H3,(H,97,113)(H,98,114)(H,99,111)(H,100,106)(H,101,107)(H,102,108)(H,103,112)(H,115,116)(H,117,118)(H,119,120)(H,121,122)(H,123,124). The lowest BCUT2D eigenvalue weighted by Crippen LogP contribution is -2.70. The fraction of sp³-hybridized carbons (Fsp3) is 0.663. The van der Waals surface area contributed by atoms with Crippen molar-refractivity contribution in [3.8, 4) is 0 Å². The first kappa shape index (κ1) is 121. The van der Waals surface area contributed by atoms with Crippen LogP contribution in [-0.4, -0.2) is 228 Å². The van der Waals surface area contributed by atoms with Crippen LogP contribution in [0.2, 0.25) is 0 Å². The quantitative estimate of drug-likeness (QED) is 0.0199. The molecule has 36 nitrogen and oxygen atoms in total. The van der Waals surface area contributed by atoms with Gasteiger partial charge in [-0.15, -0.1) is 0 Å². The highest BCUT2D eigenvalue weighted by molar-refractivity contribution is 7.61. The Balaban J connectivity index is 2.11. The molecule has 18 N–H and O–H groups in total. The molecule has 0 aromatic carbocycles. The number of carboxylic acid groups (broad SMARTS) is 3. The molecule has 2 aliphatic rings. The zero-order chi connectivity index (χ0) is 100. The van der Waals surface area contributed by atoms with Crippen LogP contribution in [-0.2, 0) is 89.4 Å². The highest BCUT2D eigenvalue weighted by atomic mass is 31.3. The summed E-state index contributed by atoms with van der Waals surface area (Å²) in [5.41, 5.74) is 20.3. The predicted octanol–water partition coefficient (Wildman–Crippen LogP) is 11.8. The van der Waals surface area contributed by atoms with Crippen LogP contribution in [0, 0.1) is 0 Å². The summed E-state index contributed by atoms with van der Waals surface area (Å²) in [6.45, 7) is 29.6. The minimum atomic E-state index is -5.97. The van der Waals surface area contributed by atoms with E-state index in [1.54, 1.807) is 6.92 Å². The number of nitrogens with two attached hydrogens (primary N) is 1. The number of phosphoric acid groups is 2. The van der Waals surface area contributed by atoms with E-state index in [1.807, 2.05) is 6.92 Å². The van der Waals surface area contributed by atoms with E-state index >= 15 is 0 Å². The van der Waals surface area contributed by atoms with Crippen LogP contribution in [0.15, 0.2) is 128 Å². The van der Waals surface area contributed by atoms with E-state index in [0.29, 0.717) is 18.4 Å². The Kier molecular flexibility index (Phi) is 58.1. The number of allylic oxidation sites excluding steroid dienone is 21. The Morgan fingerprint density at radius 3 is 1.16 bits per heavy atom. The Morgan fingerprint density at radius 2 is 0.774 bits per heavy atom. The van der Waals surface area contributed by atoms with Gasteiger partial charge in [-0.2, -0.15) is 4.31 Å². The van der Waals surface area contributed by atoms with Gasteiger partial charge in [-0.3, -0.25) is 52.2 Å². The van der Waals surface area contributed by atoms with E-state index in [2.05, 4.69) is 172 Å². The second-order valence-electron chi connectivity index (χ2n) is 35.3. The number of carbonyl (C=O) groups excluding carboxylic acids is 7. The highest BCUT2D eigenvalue weighted by Crippen LogP contribution is 2.61. The molecule has 2 saturated heterocycles. The van der Waals surface area contributed by atoms with Crippen molar-refractivity contribution in [3.05, 3.63) is 128 Å². The fourth-order valence-corrected chi connectivity index (χ4v) is 16.3. The summed E-state index contributed by atoms with van der Waals surface area (Å²) in [7, 11) is -11.5. The molecule has 2 rings (SSSR count). The molecule has 0 aromatic heterocycles. The number of aliphatic hydroxyl groups excluding tert-OH is 4. The van der Waals surface area contributed by atoms with Crippen molar-refractivity contribution in [3.63, 3.8) is 0 Å². The summed E-state index contributed by atoms with van der Waals surface area (Å²) in [5.74, 6) is -11.5. The number of aliphatic carboxylic acids is 3. The average Bonchev–Trinajstić information content (AvgIpc) is 0.745. The topological polar surface area (TPSA) is 562 Å². The summed E-state index contributed by atoms with van der Waals surface area (Å²) in [6.07, 6.45) is 25.3. The highest BCUT2D eigenvalue weighted by Gasteiger charge is 2.55. The maximum absolute atomic E-state index is 14.1. The van der Waals surface area contributed by atoms with E-state index in [0.717, 1.165) is 156 Å². The SMILES string of the molecule is CC(=O)NC1C(OC2C(CO)OC(OP(=O)(O)OP(=O)(O)OCC=C(C)CCC=C(C)CCC=C(C)CCC=C(C)CCC=C(C)CCC=C(C)CCC=C(C)CCC=C(C)CCC=C(C)CCC=C(C)CCC=C(C)C)C(NC(C)=O)C2OC(C)C(=O)NC(C)C(=O)NC(CCC(=O)NC(CCCC(N)C(=O)O)C(=O)NC(C)C(=O)NC(C)C(=O)O)C(=O)O)OC(CO)C(O)C1O. The van der Waals surface area contributed by atoms with Gasteiger partial charge in [0.2, 0.25) is 41.4 Å². The van der Waals surface area contributed by atoms with Crippen molar-refractivity contribution in [1.29, 1.82) is 0 Å². The molecule has 2 fully saturated rings. The lowest BCUT2D eigenvalue weighted by molar-refractivity contribution is -0.331. The molecule has 2 aliphatic heterocycles. The normalized spacial score (nSPS) is 22.4. The van der Waals surface area contributed by atoms with Crippen molar-refractivity contribution in [2.45, 2.75) is 389 Å². The lowest BCUT2D eigenvalue weighted by atomic mass is 9.94. The molecule has 0 aliphatic carbocycles. The Morgan fingerprint density at radius 1 is 0.398 bits per heavy atom. The smallest absolute Gasteiger partial charge is 0.480 e. The molecule has 38 heteroatoms. The molecule has 19 atom stereocenters. The van der Waals surface area contributed by atoms with Crippen LogP contribution < -0.4 is 43.0 Å². The maximum atomic E-state index is 14.1. The minimum absolute atomic E-state index is 0.0692. The number of hydrogen-bond donors (Lipinski definition) is 17. The third-order valence-electron chi connectivity index (χ3n) is 22.4. The third-order valence-corrected chi connectivity index (χ3v) is 25.0. The zero-order valence-corrected chi connectivity index (χ0v) is 83.0. The van der Waals surface area contributed by atoms with E-state index in [4.69, 9.17) is 33.7 Å².